The SMILES string of the molecule is Nc1cccc(-c2ccc(N3CCCCC3=O)cc2)c1. The van der Waals surface area contributed by atoms with Crippen molar-refractivity contribution in [1.82, 2.24) is 0 Å². The van der Waals surface area contributed by atoms with Crippen molar-refractivity contribution in [1.29, 1.82) is 0 Å². The van der Waals surface area contributed by atoms with E-state index in [1.165, 1.54) is 0 Å². The van der Waals surface area contributed by atoms with Gasteiger partial charge in [0.1, 0.15) is 0 Å². The minimum atomic E-state index is 0.230. The summed E-state index contributed by atoms with van der Waals surface area (Å²) in [6.45, 7) is 0.830. The summed E-state index contributed by atoms with van der Waals surface area (Å²) in [4.78, 5) is 13.8. The van der Waals surface area contributed by atoms with Crippen LogP contribution in [0.4, 0.5) is 11.4 Å². The number of nitrogens with zero attached hydrogens (tertiary/aromatic N) is 1. The van der Waals surface area contributed by atoms with E-state index in [0.717, 1.165) is 41.9 Å². The predicted molar refractivity (Wildman–Crippen MR) is 82.5 cm³/mol. The molecule has 20 heavy (non-hydrogen) atoms. The number of amides is 1. The Bertz CT molecular complexity index is 619. The van der Waals surface area contributed by atoms with Gasteiger partial charge in [-0.05, 0) is 48.2 Å². The number of carbonyl (C=O) groups excluding carboxylic acids is 1. The van der Waals surface area contributed by atoms with Crippen LogP contribution in [0, 0.1) is 0 Å². The summed E-state index contributed by atoms with van der Waals surface area (Å²) in [5, 5.41) is 0. The van der Waals surface area contributed by atoms with Crippen molar-refractivity contribution >= 4 is 17.3 Å². The minimum absolute atomic E-state index is 0.230. The number of piperidine rings is 1. The van der Waals surface area contributed by atoms with Crippen molar-refractivity contribution in [2.45, 2.75) is 19.3 Å². The monoisotopic (exact) mass is 266 g/mol. The molecule has 2 aromatic carbocycles. The van der Waals surface area contributed by atoms with Crippen LogP contribution in [-0.4, -0.2) is 12.5 Å². The van der Waals surface area contributed by atoms with E-state index in [1.54, 1.807) is 0 Å². The lowest BCUT2D eigenvalue weighted by atomic mass is 10.0. The number of anilines is 2. The zero-order chi connectivity index (χ0) is 13.9. The number of carbonyl (C=O) groups is 1. The Kier molecular flexibility index (Phi) is 3.42. The second-order valence-corrected chi connectivity index (χ2v) is 5.17. The second-order valence-electron chi connectivity index (χ2n) is 5.17. The van der Waals surface area contributed by atoms with E-state index in [9.17, 15) is 4.79 Å². The summed E-state index contributed by atoms with van der Waals surface area (Å²) >= 11 is 0. The summed E-state index contributed by atoms with van der Waals surface area (Å²) in [5.41, 5.74) is 9.77. The molecule has 1 heterocycles. The summed E-state index contributed by atoms with van der Waals surface area (Å²) in [6, 6.07) is 16.0. The fourth-order valence-corrected chi connectivity index (χ4v) is 2.63. The fraction of sp³-hybridized carbons (Fsp3) is 0.235. The molecule has 0 aromatic heterocycles. The molecule has 3 heteroatoms. The summed E-state index contributed by atoms with van der Waals surface area (Å²) in [5.74, 6) is 0.230. The highest BCUT2D eigenvalue weighted by atomic mass is 16.2. The standard InChI is InChI=1S/C17H18N2O/c18-15-5-3-4-14(12-15)13-7-9-16(10-8-13)19-11-2-1-6-17(19)20/h3-5,7-10,12H,1-2,6,11,18H2. The van der Waals surface area contributed by atoms with Crippen LogP contribution in [0.1, 0.15) is 19.3 Å². The largest absolute Gasteiger partial charge is 0.399 e. The Labute approximate surface area is 119 Å². The van der Waals surface area contributed by atoms with Crippen molar-refractivity contribution in [3.8, 4) is 11.1 Å². The lowest BCUT2D eigenvalue weighted by molar-refractivity contribution is -0.119. The van der Waals surface area contributed by atoms with E-state index in [-0.39, 0.29) is 5.91 Å². The molecule has 0 atom stereocenters. The molecule has 2 aromatic rings. The van der Waals surface area contributed by atoms with Crippen LogP contribution in [0.2, 0.25) is 0 Å². The molecule has 0 unspecified atom stereocenters. The van der Waals surface area contributed by atoms with Crippen LogP contribution < -0.4 is 10.6 Å². The molecule has 3 nitrogen and oxygen atoms in total. The van der Waals surface area contributed by atoms with Crippen LogP contribution in [0.5, 0.6) is 0 Å². The van der Waals surface area contributed by atoms with E-state index in [0.29, 0.717) is 6.42 Å². The highest BCUT2D eigenvalue weighted by Crippen LogP contribution is 2.26. The summed E-state index contributed by atoms with van der Waals surface area (Å²) < 4.78 is 0. The van der Waals surface area contributed by atoms with Gasteiger partial charge in [-0.25, -0.2) is 0 Å². The van der Waals surface area contributed by atoms with Crippen molar-refractivity contribution in [2.24, 2.45) is 0 Å². The number of hydrogen-bond acceptors (Lipinski definition) is 2. The quantitative estimate of drug-likeness (QED) is 0.846. The van der Waals surface area contributed by atoms with Gasteiger partial charge in [0.25, 0.3) is 0 Å². The average molecular weight is 266 g/mol. The van der Waals surface area contributed by atoms with Crippen molar-refractivity contribution < 1.29 is 4.79 Å². The minimum Gasteiger partial charge on any atom is -0.399 e. The highest BCUT2D eigenvalue weighted by molar-refractivity contribution is 5.94. The predicted octanol–water partition coefficient (Wildman–Crippen LogP) is 3.45. The number of hydrogen-bond donors (Lipinski definition) is 1. The smallest absolute Gasteiger partial charge is 0.226 e. The second kappa shape index (κ2) is 5.37. The van der Waals surface area contributed by atoms with E-state index in [4.69, 9.17) is 5.73 Å². The van der Waals surface area contributed by atoms with Crippen molar-refractivity contribution in [2.75, 3.05) is 17.2 Å². The lowest BCUT2D eigenvalue weighted by Gasteiger charge is -2.26. The first kappa shape index (κ1) is 12.7. The normalized spacial score (nSPS) is 15.4. The van der Waals surface area contributed by atoms with E-state index in [2.05, 4.69) is 0 Å². The first-order chi connectivity index (χ1) is 9.74. The third-order valence-electron chi connectivity index (χ3n) is 3.72. The first-order valence-corrected chi connectivity index (χ1v) is 7.00. The Morgan fingerprint density at radius 3 is 2.45 bits per heavy atom. The number of rotatable bonds is 2. The zero-order valence-electron chi connectivity index (χ0n) is 11.4. The van der Waals surface area contributed by atoms with Crippen molar-refractivity contribution in [3.63, 3.8) is 0 Å². The third-order valence-corrected chi connectivity index (χ3v) is 3.72. The maximum absolute atomic E-state index is 11.9. The molecular formula is C17H18N2O. The van der Waals surface area contributed by atoms with Gasteiger partial charge in [0.2, 0.25) is 5.91 Å². The molecular weight excluding hydrogens is 248 g/mol. The molecule has 1 aliphatic heterocycles. The Hall–Kier alpha value is -2.29. The summed E-state index contributed by atoms with van der Waals surface area (Å²) in [7, 11) is 0. The Morgan fingerprint density at radius 1 is 0.950 bits per heavy atom. The molecule has 1 aliphatic rings. The first-order valence-electron chi connectivity index (χ1n) is 7.00. The lowest BCUT2D eigenvalue weighted by Crippen LogP contribution is -2.35. The highest BCUT2D eigenvalue weighted by Gasteiger charge is 2.19. The fourth-order valence-electron chi connectivity index (χ4n) is 2.63. The molecule has 1 fully saturated rings. The maximum Gasteiger partial charge on any atom is 0.226 e. The van der Waals surface area contributed by atoms with Crippen molar-refractivity contribution in [3.05, 3.63) is 48.5 Å². The van der Waals surface area contributed by atoms with Gasteiger partial charge < -0.3 is 10.6 Å². The number of benzene rings is 2. The van der Waals surface area contributed by atoms with Crippen LogP contribution in [0.25, 0.3) is 11.1 Å². The topological polar surface area (TPSA) is 46.3 Å². The molecule has 2 N–H and O–H groups in total. The van der Waals surface area contributed by atoms with Gasteiger partial charge in [0, 0.05) is 24.3 Å². The van der Waals surface area contributed by atoms with E-state index in [1.807, 2.05) is 53.4 Å². The molecule has 0 aliphatic carbocycles. The van der Waals surface area contributed by atoms with Crippen LogP contribution in [0.15, 0.2) is 48.5 Å². The van der Waals surface area contributed by atoms with E-state index < -0.39 is 0 Å². The van der Waals surface area contributed by atoms with Crippen LogP contribution >= 0.6 is 0 Å². The van der Waals surface area contributed by atoms with Crippen LogP contribution in [0.3, 0.4) is 0 Å². The summed E-state index contributed by atoms with van der Waals surface area (Å²) in [6.07, 6.45) is 2.76. The van der Waals surface area contributed by atoms with Gasteiger partial charge in [-0.1, -0.05) is 24.3 Å². The van der Waals surface area contributed by atoms with E-state index >= 15 is 0 Å². The maximum atomic E-state index is 11.9. The molecule has 3 rings (SSSR count). The van der Waals surface area contributed by atoms with Gasteiger partial charge in [-0.3, -0.25) is 4.79 Å². The molecule has 0 bridgehead atoms. The van der Waals surface area contributed by atoms with Gasteiger partial charge in [-0.2, -0.15) is 0 Å². The molecule has 0 radical (unpaired) electrons. The van der Waals surface area contributed by atoms with Gasteiger partial charge in [0.05, 0.1) is 0 Å². The molecule has 0 saturated carbocycles. The Morgan fingerprint density at radius 2 is 1.75 bits per heavy atom. The third kappa shape index (κ3) is 2.52. The average Bonchev–Trinajstić information content (AvgIpc) is 2.48. The molecule has 102 valence electrons. The van der Waals surface area contributed by atoms with Gasteiger partial charge >= 0.3 is 0 Å². The van der Waals surface area contributed by atoms with Gasteiger partial charge in [0.15, 0.2) is 0 Å². The molecule has 1 saturated heterocycles. The molecule has 1 amide bonds. The number of nitrogens with two attached hydrogens (primary N) is 1. The Balaban J connectivity index is 1.86. The number of nitrogen functional groups attached to an aromatic ring is 1. The molecule has 0 spiro atoms. The van der Waals surface area contributed by atoms with Crippen LogP contribution in [-0.2, 0) is 4.79 Å². The zero-order valence-corrected chi connectivity index (χ0v) is 11.4. The van der Waals surface area contributed by atoms with Gasteiger partial charge in [-0.15, -0.1) is 0 Å².